The van der Waals surface area contributed by atoms with Crippen molar-refractivity contribution in [3.8, 4) is 0 Å². The van der Waals surface area contributed by atoms with Crippen molar-refractivity contribution in [3.63, 3.8) is 0 Å². The molecule has 0 aliphatic carbocycles. The van der Waals surface area contributed by atoms with E-state index in [2.05, 4.69) is 132 Å². The fourth-order valence-corrected chi connectivity index (χ4v) is 7.99. The highest BCUT2D eigenvalue weighted by molar-refractivity contribution is 9.93. The van der Waals surface area contributed by atoms with Crippen molar-refractivity contribution >= 4 is 188 Å². The predicted octanol–water partition coefficient (Wildman–Crippen LogP) is 16.4. The standard InChI is InChI=1S/C17H15BrOS.C9H10BrNS.C8H7BrN2S.C8H5NOS.C7H8BrN.Br2/c1-12-9-13(7-8-16(12)18)10-15(20)11-17(19)14-5-3-2-4-6-14;1-6-4-7(5-9(11)12)2-3-8(6)10;1-4-2-6-7(3-5(4)9)12-8(10)11-6;10-8(9-6-11)7-4-2-1-3-5-7;1-5-4-6(9)2-3-7(5)8;1-2/h2-9H,10-11H2,1H3;2-4H,5H2,1H3,(H2,11,12);2-3H,1H3,(H2,10,11);1-5H;2-4H,9H2,1H3;. The third kappa shape index (κ3) is 22.3. The van der Waals surface area contributed by atoms with Crippen molar-refractivity contribution < 1.29 is 9.59 Å². The molecular formula is C49H45Br6N5O2S4. The van der Waals surface area contributed by atoms with E-state index >= 15 is 0 Å². The van der Waals surface area contributed by atoms with E-state index in [-0.39, 0.29) is 11.7 Å². The van der Waals surface area contributed by atoms with Crippen molar-refractivity contribution in [2.24, 2.45) is 10.7 Å². The zero-order valence-electron chi connectivity index (χ0n) is 36.1. The number of carbonyl (C=O) groups excluding carboxylic acids is 2. The van der Waals surface area contributed by atoms with Gasteiger partial charge in [0.25, 0.3) is 5.91 Å². The Morgan fingerprint density at radius 2 is 1.11 bits per heavy atom. The molecule has 6 aromatic carbocycles. The number of isothiocyanates is 1. The van der Waals surface area contributed by atoms with Crippen LogP contribution < -0.4 is 17.2 Å². The number of fused-ring (bicyclic) bond motifs is 1. The first-order chi connectivity index (χ1) is 31.4. The van der Waals surface area contributed by atoms with Gasteiger partial charge in [0.2, 0.25) is 0 Å². The lowest BCUT2D eigenvalue weighted by molar-refractivity contribution is 0.0994. The van der Waals surface area contributed by atoms with Crippen LogP contribution in [0.2, 0.25) is 0 Å². The molecule has 17 heteroatoms. The van der Waals surface area contributed by atoms with Gasteiger partial charge in [0.15, 0.2) is 10.9 Å². The first-order valence-corrected chi connectivity index (χ1v) is 28.3. The molecule has 0 bridgehead atoms. The minimum Gasteiger partial charge on any atom is -0.399 e. The number of anilines is 2. The van der Waals surface area contributed by atoms with Crippen LogP contribution in [-0.2, 0) is 12.8 Å². The number of hydrogen-bond donors (Lipinski definition) is 3. The van der Waals surface area contributed by atoms with Crippen LogP contribution in [0.25, 0.3) is 10.2 Å². The molecule has 66 heavy (non-hydrogen) atoms. The van der Waals surface area contributed by atoms with E-state index < -0.39 is 0 Å². The SMILES string of the molecule is BrBr.Cc1cc(CC(=S)CC(=O)c2ccccc2)ccc1Br.Cc1cc(CC(N)=S)ccc1Br.Cc1cc(N)ccc1Br.Cc1cc2nc(N)sc2cc1Br.O=C(N=C=S)c1ccccc1. The number of aliphatic imine (C=N–C) groups is 1. The summed E-state index contributed by atoms with van der Waals surface area (Å²) in [7, 11) is 0. The van der Waals surface area contributed by atoms with Crippen molar-refractivity contribution in [2.45, 2.75) is 47.0 Å². The van der Waals surface area contributed by atoms with Crippen molar-refractivity contribution in [2.75, 3.05) is 11.5 Å². The van der Waals surface area contributed by atoms with Gasteiger partial charge in [-0.2, -0.15) is 4.99 Å². The minimum absolute atomic E-state index is 0.0874. The Balaban J connectivity index is 0.000000289. The second-order valence-electron chi connectivity index (χ2n) is 14.0. The number of aromatic nitrogens is 1. The molecule has 1 aromatic heterocycles. The lowest BCUT2D eigenvalue weighted by atomic mass is 10.0. The van der Waals surface area contributed by atoms with E-state index in [1.54, 1.807) is 24.3 Å². The fraction of sp³-hybridized carbons (Fsp3) is 0.143. The van der Waals surface area contributed by atoms with Gasteiger partial charge in [-0.3, -0.25) is 9.59 Å². The van der Waals surface area contributed by atoms with Gasteiger partial charge in [-0.15, -0.1) is 0 Å². The van der Waals surface area contributed by atoms with Gasteiger partial charge in [0.1, 0.15) is 0 Å². The number of aryl methyl sites for hydroxylation is 4. The van der Waals surface area contributed by atoms with Crippen molar-refractivity contribution in [1.29, 1.82) is 0 Å². The van der Waals surface area contributed by atoms with E-state index in [4.69, 9.17) is 41.6 Å². The molecule has 7 rings (SSSR count). The summed E-state index contributed by atoms with van der Waals surface area (Å²) < 4.78 is 5.56. The maximum atomic E-state index is 12.1. The molecule has 0 atom stereocenters. The highest BCUT2D eigenvalue weighted by Crippen LogP contribution is 2.29. The second kappa shape index (κ2) is 31.8. The van der Waals surface area contributed by atoms with Crippen LogP contribution >= 0.6 is 140 Å². The van der Waals surface area contributed by atoms with Crippen LogP contribution in [0, 0.1) is 27.7 Å². The summed E-state index contributed by atoms with van der Waals surface area (Å²) in [6, 6.07) is 40.2. The molecule has 7 aromatic rings. The number of amides is 1. The monoisotopic (exact) mass is 1340 g/mol. The number of hydrogen-bond acceptors (Lipinski definition) is 9. The Kier molecular flexibility index (Phi) is 28.4. The highest BCUT2D eigenvalue weighted by atomic mass is 80.9. The number of nitrogens with zero attached hydrogens (tertiary/aromatic N) is 2. The molecule has 0 saturated heterocycles. The third-order valence-corrected chi connectivity index (χ3v) is 13.6. The largest absolute Gasteiger partial charge is 0.399 e. The van der Waals surface area contributed by atoms with E-state index in [9.17, 15) is 9.59 Å². The van der Waals surface area contributed by atoms with Crippen molar-refractivity contribution in [1.82, 2.24) is 4.98 Å². The number of benzene rings is 6. The van der Waals surface area contributed by atoms with Crippen molar-refractivity contribution in [3.05, 3.63) is 190 Å². The predicted molar refractivity (Wildman–Crippen MR) is 313 cm³/mol. The fourth-order valence-electron chi connectivity index (χ4n) is 5.46. The molecule has 1 heterocycles. The normalized spacial score (nSPS) is 9.67. The highest BCUT2D eigenvalue weighted by Gasteiger charge is 2.10. The van der Waals surface area contributed by atoms with E-state index in [0.29, 0.717) is 34.9 Å². The first-order valence-electron chi connectivity index (χ1n) is 19.4. The molecule has 0 saturated carbocycles. The Bertz CT molecular complexity index is 2730. The maximum absolute atomic E-state index is 12.1. The van der Waals surface area contributed by atoms with Gasteiger partial charge in [-0.25, -0.2) is 4.98 Å². The summed E-state index contributed by atoms with van der Waals surface area (Å²) in [5.41, 5.74) is 26.7. The Morgan fingerprint density at radius 3 is 1.58 bits per heavy atom. The quantitative estimate of drug-likeness (QED) is 0.0588. The molecule has 7 nitrogen and oxygen atoms in total. The Morgan fingerprint density at radius 1 is 0.636 bits per heavy atom. The summed E-state index contributed by atoms with van der Waals surface area (Å²) in [5, 5.41) is 2.65. The molecule has 0 unspecified atom stereocenters. The Hall–Kier alpha value is -3.19. The molecule has 0 fully saturated rings. The molecule has 1 amide bonds. The van der Waals surface area contributed by atoms with Gasteiger partial charge in [-0.05, 0) is 128 Å². The van der Waals surface area contributed by atoms with Crippen LogP contribution in [0.5, 0.6) is 0 Å². The van der Waals surface area contributed by atoms with Crippen LogP contribution in [0.4, 0.5) is 10.8 Å². The molecular weight excluding hydrogens is 1300 g/mol. The molecule has 344 valence electrons. The van der Waals surface area contributed by atoms with Gasteiger partial charge in [0.05, 0.1) is 20.4 Å². The summed E-state index contributed by atoms with van der Waals surface area (Å²) in [4.78, 5) is 31.8. The van der Waals surface area contributed by atoms with E-state index in [0.717, 1.165) is 49.8 Å². The van der Waals surface area contributed by atoms with Gasteiger partial charge >= 0.3 is 0 Å². The number of nitrogen functional groups attached to an aromatic ring is 2. The molecule has 0 radical (unpaired) electrons. The van der Waals surface area contributed by atoms with Crippen LogP contribution in [0.1, 0.15) is 60.5 Å². The Labute approximate surface area is 456 Å². The third-order valence-electron chi connectivity index (χ3n) is 8.71. The number of ketones is 1. The summed E-state index contributed by atoms with van der Waals surface area (Å²) in [5.74, 6) is -0.259. The molecule has 0 spiro atoms. The number of thiocarbonyl (C=S) groups is 3. The zero-order valence-corrected chi connectivity index (χ0v) is 48.9. The summed E-state index contributed by atoms with van der Waals surface area (Å²) in [6.07, 6.45) is 1.68. The van der Waals surface area contributed by atoms with Crippen LogP contribution in [0.15, 0.2) is 150 Å². The smallest absolute Gasteiger partial charge is 0.285 e. The topological polar surface area (TPSA) is 137 Å². The maximum Gasteiger partial charge on any atom is 0.285 e. The molecule has 6 N–H and O–H groups in total. The second-order valence-corrected chi connectivity index (χ2v) is 19.8. The molecule has 0 aliphatic rings. The van der Waals surface area contributed by atoms with E-state index in [1.807, 2.05) is 118 Å². The lowest BCUT2D eigenvalue weighted by Gasteiger charge is -2.06. The number of nitrogens with two attached hydrogens (primary N) is 3. The average Bonchev–Trinajstić information content (AvgIpc) is 3.65. The van der Waals surface area contributed by atoms with E-state index in [1.165, 1.54) is 39.2 Å². The summed E-state index contributed by atoms with van der Waals surface area (Å²) in [6.45, 7) is 8.15. The number of rotatable bonds is 8. The van der Waals surface area contributed by atoms with Gasteiger partial charge in [0, 0.05) is 87.1 Å². The van der Waals surface area contributed by atoms with Crippen LogP contribution in [0.3, 0.4) is 0 Å². The lowest BCUT2D eigenvalue weighted by Crippen LogP contribution is -2.10. The van der Waals surface area contributed by atoms with Gasteiger partial charge < -0.3 is 17.2 Å². The number of Topliss-reactive ketones (excluding diaryl/α,β-unsaturated/α-hetero) is 1. The van der Waals surface area contributed by atoms with Crippen LogP contribution in [-0.4, -0.2) is 31.7 Å². The minimum atomic E-state index is -0.347. The number of carbonyl (C=O) groups is 2. The number of halogens is 6. The average molecular weight is 1340 g/mol. The van der Waals surface area contributed by atoms with Gasteiger partial charge in [-0.1, -0.05) is 172 Å². The summed E-state index contributed by atoms with van der Waals surface area (Å²) >= 11 is 35.2. The first kappa shape index (κ1) is 58.9. The zero-order chi connectivity index (χ0) is 49.3. The number of thiazole rings is 1. The molecule has 0 aliphatic heterocycles.